The molecule has 0 amide bonds. The molecule has 0 atom stereocenters. The molecule has 1 N–H and O–H groups in total. The highest BCUT2D eigenvalue weighted by atomic mass is 14.9. The van der Waals surface area contributed by atoms with Gasteiger partial charge in [-0.3, -0.25) is 0 Å². The van der Waals surface area contributed by atoms with Crippen LogP contribution in [-0.2, 0) is 0 Å². The van der Waals surface area contributed by atoms with Crippen LogP contribution in [0.4, 0.5) is 0 Å². The normalized spacial score (nSPS) is 17.0. The summed E-state index contributed by atoms with van der Waals surface area (Å²) in [6.45, 7) is 14.8. The lowest BCUT2D eigenvalue weighted by atomic mass is 9.74. The Morgan fingerprint density at radius 2 is 1.15 bits per heavy atom. The highest BCUT2D eigenvalue weighted by Crippen LogP contribution is 2.37. The Balaban J connectivity index is 2.07. The predicted octanol–water partition coefficient (Wildman–Crippen LogP) is 8.13. The fraction of sp³-hybridized carbons (Fsp3) is 1.00. The second-order valence-corrected chi connectivity index (χ2v) is 10.8. The van der Waals surface area contributed by atoms with E-state index in [1.54, 1.807) is 0 Å². The second kappa shape index (κ2) is 13.2. The van der Waals surface area contributed by atoms with Crippen LogP contribution in [0.2, 0.25) is 0 Å². The van der Waals surface area contributed by atoms with Gasteiger partial charge in [-0.05, 0) is 68.4 Å². The Hall–Kier alpha value is -0.0400. The maximum absolute atomic E-state index is 3.50. The number of rotatable bonds is 15. The van der Waals surface area contributed by atoms with Gasteiger partial charge in [0, 0.05) is 0 Å². The van der Waals surface area contributed by atoms with E-state index in [2.05, 4.69) is 39.9 Å². The maximum atomic E-state index is 3.50. The van der Waals surface area contributed by atoms with E-state index in [0.717, 1.165) is 5.92 Å². The molecule has 0 aromatic rings. The number of hydrogen-bond acceptors (Lipinski definition) is 1. The highest BCUT2D eigenvalue weighted by Gasteiger charge is 2.25. The minimum atomic E-state index is 0.538. The first kappa shape index (κ1) is 24.0. The van der Waals surface area contributed by atoms with Crippen LogP contribution in [0.3, 0.4) is 0 Å². The molecular formula is C25H51N. The summed E-state index contributed by atoms with van der Waals surface area (Å²) in [6.07, 6.45) is 21.4. The Labute approximate surface area is 166 Å². The van der Waals surface area contributed by atoms with Crippen molar-refractivity contribution in [2.45, 2.75) is 131 Å². The quantitative estimate of drug-likeness (QED) is 0.289. The van der Waals surface area contributed by atoms with E-state index >= 15 is 0 Å². The van der Waals surface area contributed by atoms with Crippen molar-refractivity contribution in [2.75, 3.05) is 13.1 Å². The molecule has 0 radical (unpaired) electrons. The molecule has 0 aromatic carbocycles. The molecule has 26 heavy (non-hydrogen) atoms. The molecule has 156 valence electrons. The molecule has 1 heteroatoms. The van der Waals surface area contributed by atoms with Crippen LogP contribution < -0.4 is 5.32 Å². The molecular weight excluding hydrogens is 314 g/mol. The molecule has 1 rings (SSSR count). The van der Waals surface area contributed by atoms with Gasteiger partial charge in [-0.1, -0.05) is 92.4 Å². The zero-order chi connectivity index (χ0) is 19.3. The molecule has 0 aliphatic carbocycles. The lowest BCUT2D eigenvalue weighted by Crippen LogP contribution is -2.30. The summed E-state index contributed by atoms with van der Waals surface area (Å²) in [5.74, 6) is 0.969. The van der Waals surface area contributed by atoms with Crippen LogP contribution >= 0.6 is 0 Å². The summed E-state index contributed by atoms with van der Waals surface area (Å²) in [6, 6.07) is 0. The second-order valence-electron chi connectivity index (χ2n) is 10.8. The summed E-state index contributed by atoms with van der Waals surface area (Å²) in [5, 5.41) is 3.50. The van der Waals surface area contributed by atoms with Crippen molar-refractivity contribution < 1.29 is 0 Å². The van der Waals surface area contributed by atoms with Crippen molar-refractivity contribution in [1.29, 1.82) is 0 Å². The molecule has 0 aromatic heterocycles. The molecule has 1 aliphatic heterocycles. The Morgan fingerprint density at radius 3 is 1.77 bits per heavy atom. The van der Waals surface area contributed by atoms with Gasteiger partial charge in [-0.25, -0.2) is 0 Å². The van der Waals surface area contributed by atoms with Crippen molar-refractivity contribution in [3.63, 3.8) is 0 Å². The summed E-state index contributed by atoms with van der Waals surface area (Å²) in [4.78, 5) is 0. The van der Waals surface area contributed by atoms with Crippen LogP contribution in [0.25, 0.3) is 0 Å². The van der Waals surface area contributed by atoms with Gasteiger partial charge >= 0.3 is 0 Å². The van der Waals surface area contributed by atoms with E-state index in [0.29, 0.717) is 10.8 Å². The van der Waals surface area contributed by atoms with Crippen molar-refractivity contribution in [3.05, 3.63) is 0 Å². The van der Waals surface area contributed by atoms with Crippen LogP contribution in [0.15, 0.2) is 0 Å². The fourth-order valence-corrected chi connectivity index (χ4v) is 4.88. The first-order chi connectivity index (χ1) is 12.3. The van der Waals surface area contributed by atoms with E-state index in [-0.39, 0.29) is 0 Å². The Kier molecular flexibility index (Phi) is 12.2. The Bertz CT molecular complexity index is 325. The highest BCUT2D eigenvalue weighted by molar-refractivity contribution is 4.78. The van der Waals surface area contributed by atoms with E-state index < -0.39 is 0 Å². The standard InChI is InChI=1S/C25H51N/c1-6-7-8-9-10-11-12-13-17-24(2,3)18-14-19-25(4,5)22-23-15-20-26-21-16-23/h23,26H,6-22H2,1-5H3. The third kappa shape index (κ3) is 12.4. The lowest BCUT2D eigenvalue weighted by molar-refractivity contribution is 0.194. The molecule has 1 fully saturated rings. The smallest absolute Gasteiger partial charge is 0.00463 e. The maximum Gasteiger partial charge on any atom is -0.00463 e. The zero-order valence-electron chi connectivity index (χ0n) is 19.1. The van der Waals surface area contributed by atoms with E-state index in [9.17, 15) is 0 Å². The van der Waals surface area contributed by atoms with Crippen LogP contribution in [0, 0.1) is 16.7 Å². The van der Waals surface area contributed by atoms with E-state index in [1.807, 2.05) is 0 Å². The number of nitrogens with one attached hydrogen (secondary N) is 1. The minimum Gasteiger partial charge on any atom is -0.317 e. The van der Waals surface area contributed by atoms with Gasteiger partial charge in [-0.2, -0.15) is 0 Å². The molecule has 1 nitrogen and oxygen atoms in total. The van der Waals surface area contributed by atoms with Gasteiger partial charge in [0.25, 0.3) is 0 Å². The van der Waals surface area contributed by atoms with Crippen molar-refractivity contribution in [2.24, 2.45) is 16.7 Å². The lowest BCUT2D eigenvalue weighted by Gasteiger charge is -2.33. The average Bonchev–Trinajstić information content (AvgIpc) is 2.57. The van der Waals surface area contributed by atoms with Gasteiger partial charge in [-0.15, -0.1) is 0 Å². The van der Waals surface area contributed by atoms with Gasteiger partial charge in [0.1, 0.15) is 0 Å². The van der Waals surface area contributed by atoms with Crippen LogP contribution in [0.5, 0.6) is 0 Å². The van der Waals surface area contributed by atoms with Gasteiger partial charge in [0.2, 0.25) is 0 Å². The van der Waals surface area contributed by atoms with Gasteiger partial charge < -0.3 is 5.32 Å². The molecule has 0 bridgehead atoms. The summed E-state index contributed by atoms with van der Waals surface area (Å²) in [5.41, 5.74) is 1.09. The molecule has 1 heterocycles. The van der Waals surface area contributed by atoms with Crippen molar-refractivity contribution in [3.8, 4) is 0 Å². The van der Waals surface area contributed by atoms with Crippen LogP contribution in [-0.4, -0.2) is 13.1 Å². The first-order valence-corrected chi connectivity index (χ1v) is 12.1. The molecule has 0 unspecified atom stereocenters. The van der Waals surface area contributed by atoms with Crippen molar-refractivity contribution in [1.82, 2.24) is 5.32 Å². The first-order valence-electron chi connectivity index (χ1n) is 12.1. The number of unbranched alkanes of at least 4 members (excludes halogenated alkanes) is 7. The number of hydrogen-bond donors (Lipinski definition) is 1. The minimum absolute atomic E-state index is 0.538. The molecule has 0 saturated carbocycles. The predicted molar refractivity (Wildman–Crippen MR) is 119 cm³/mol. The summed E-state index contributed by atoms with van der Waals surface area (Å²) >= 11 is 0. The molecule has 0 spiro atoms. The Morgan fingerprint density at radius 1 is 0.654 bits per heavy atom. The van der Waals surface area contributed by atoms with Gasteiger partial charge in [0.05, 0.1) is 0 Å². The SMILES string of the molecule is CCCCCCCCCCC(C)(C)CCCC(C)(C)CC1CCNCC1. The van der Waals surface area contributed by atoms with Crippen LogP contribution in [0.1, 0.15) is 131 Å². The largest absolute Gasteiger partial charge is 0.317 e. The monoisotopic (exact) mass is 365 g/mol. The summed E-state index contributed by atoms with van der Waals surface area (Å²) in [7, 11) is 0. The van der Waals surface area contributed by atoms with Crippen molar-refractivity contribution >= 4 is 0 Å². The van der Waals surface area contributed by atoms with E-state index in [4.69, 9.17) is 0 Å². The van der Waals surface area contributed by atoms with Gasteiger partial charge in [0.15, 0.2) is 0 Å². The zero-order valence-corrected chi connectivity index (χ0v) is 19.1. The third-order valence-electron chi connectivity index (χ3n) is 6.71. The average molecular weight is 366 g/mol. The topological polar surface area (TPSA) is 12.0 Å². The fourth-order valence-electron chi connectivity index (χ4n) is 4.88. The molecule has 1 saturated heterocycles. The third-order valence-corrected chi connectivity index (χ3v) is 6.71. The van der Waals surface area contributed by atoms with E-state index in [1.165, 1.54) is 109 Å². The molecule has 1 aliphatic rings. The summed E-state index contributed by atoms with van der Waals surface area (Å²) < 4.78 is 0. The number of piperidine rings is 1.